The average Bonchev–Trinajstić information content (AvgIpc) is 3.22. The van der Waals surface area contributed by atoms with Crippen LogP contribution in [0.1, 0.15) is 65.1 Å². The van der Waals surface area contributed by atoms with E-state index in [1.807, 2.05) is 6.92 Å². The predicted octanol–water partition coefficient (Wildman–Crippen LogP) is 2.96. The van der Waals surface area contributed by atoms with E-state index in [-0.39, 0.29) is 31.1 Å². The summed E-state index contributed by atoms with van der Waals surface area (Å²) in [6.45, 7) is 0.612. The molecule has 0 aliphatic carbocycles. The van der Waals surface area contributed by atoms with Crippen LogP contribution in [0.3, 0.4) is 0 Å². The van der Waals surface area contributed by atoms with Crippen molar-refractivity contribution in [3.63, 3.8) is 0 Å². The highest BCUT2D eigenvalue weighted by molar-refractivity contribution is 5.99. The van der Waals surface area contributed by atoms with Gasteiger partial charge in [-0.1, -0.05) is 5.16 Å². The molecule has 1 aromatic carbocycles. The Hall–Kier alpha value is -3.90. The van der Waals surface area contributed by atoms with E-state index in [1.54, 1.807) is 0 Å². The molecule has 0 unspecified atom stereocenters. The second-order valence-electron chi connectivity index (χ2n) is 9.80. The summed E-state index contributed by atoms with van der Waals surface area (Å²) < 4.78 is 55.6. The number of carbonyl (C=O) groups excluding carboxylic acids is 2. The van der Waals surface area contributed by atoms with E-state index in [0.717, 1.165) is 6.20 Å². The molecule has 2 bridgehead atoms. The Morgan fingerprint density at radius 2 is 1.97 bits per heavy atom. The summed E-state index contributed by atoms with van der Waals surface area (Å²) in [4.78, 5) is 46.6. The molecule has 1 fully saturated rings. The first-order valence-electron chi connectivity index (χ1n) is 12.1. The molecule has 3 atom stereocenters. The van der Waals surface area contributed by atoms with Gasteiger partial charge in [-0.15, -0.1) is 0 Å². The maximum absolute atomic E-state index is 14.0. The van der Waals surface area contributed by atoms with Gasteiger partial charge >= 0.3 is 0 Å². The molecule has 2 aromatic rings. The lowest BCUT2D eigenvalue weighted by atomic mass is 9.83. The number of amides is 2. The van der Waals surface area contributed by atoms with Gasteiger partial charge in [0, 0.05) is 55.9 Å². The number of benzene rings is 1. The van der Waals surface area contributed by atoms with Crippen molar-refractivity contribution in [3.05, 3.63) is 62.8 Å². The first-order valence-corrected chi connectivity index (χ1v) is 12.1. The largest absolute Gasteiger partial charge is 0.503 e. The van der Waals surface area contributed by atoms with Crippen molar-refractivity contribution >= 4 is 17.5 Å². The fourth-order valence-corrected chi connectivity index (χ4v) is 5.43. The number of carbonyl (C=O) groups is 2. The van der Waals surface area contributed by atoms with E-state index >= 15 is 0 Å². The first-order chi connectivity index (χ1) is 18.1. The SMILES string of the molecule is C[C@H]1CC[C@]2(CC(CCF)=NO2)[C@H]2CN1C(=O)c1c(O)c(=O)c(C(=O)NCc3c(F)cc(F)cc3F)cn12. The normalized spacial score (nSPS) is 24.1. The molecule has 3 aliphatic heterocycles. The first kappa shape index (κ1) is 25.7. The van der Waals surface area contributed by atoms with E-state index in [2.05, 4.69) is 10.5 Å². The highest BCUT2D eigenvalue weighted by atomic mass is 19.1. The molecule has 13 heteroatoms. The number of hydrogen-bond donors (Lipinski definition) is 2. The fraction of sp³-hybridized carbons (Fsp3) is 0.440. The number of nitrogens with zero attached hydrogens (tertiary/aromatic N) is 3. The predicted molar refractivity (Wildman–Crippen MR) is 125 cm³/mol. The van der Waals surface area contributed by atoms with Crippen LogP contribution in [-0.4, -0.2) is 57.0 Å². The highest BCUT2D eigenvalue weighted by Gasteiger charge is 2.54. The smallest absolute Gasteiger partial charge is 0.274 e. The van der Waals surface area contributed by atoms with Crippen LogP contribution in [-0.2, 0) is 11.4 Å². The van der Waals surface area contributed by atoms with Crippen LogP contribution >= 0.6 is 0 Å². The number of fused-ring (bicyclic) bond motifs is 5. The highest BCUT2D eigenvalue weighted by Crippen LogP contribution is 2.46. The van der Waals surface area contributed by atoms with E-state index in [9.17, 15) is 37.1 Å². The molecule has 1 spiro atoms. The van der Waals surface area contributed by atoms with Gasteiger partial charge in [0.05, 0.1) is 18.4 Å². The van der Waals surface area contributed by atoms with Crippen molar-refractivity contribution in [2.45, 2.75) is 56.8 Å². The summed E-state index contributed by atoms with van der Waals surface area (Å²) in [6, 6.07) is -0.0417. The standard InChI is InChI=1S/C25H24F4N4O5/c1-12-2-4-25(8-14(3-5-26)31-38-25)19-11-32(12)24(37)20-22(35)21(34)16(10-33(19)20)23(36)30-9-15-17(28)6-13(27)7-18(15)29/h6-7,10,12,19,35H,2-5,8-9,11H2,1H3,(H,30,36)/t12-,19+,25-/m0/s1. The molecule has 0 radical (unpaired) electrons. The number of aromatic nitrogens is 1. The number of aromatic hydroxyl groups is 1. The van der Waals surface area contributed by atoms with Gasteiger partial charge in [-0.25, -0.2) is 13.2 Å². The average molecular weight is 536 g/mol. The number of oxime groups is 1. The Balaban J connectivity index is 1.54. The molecule has 202 valence electrons. The molecule has 38 heavy (non-hydrogen) atoms. The molecule has 0 saturated carbocycles. The zero-order valence-corrected chi connectivity index (χ0v) is 20.3. The molecule has 4 heterocycles. The number of hydrogen-bond acceptors (Lipinski definition) is 6. The van der Waals surface area contributed by atoms with Crippen molar-refractivity contribution in [2.24, 2.45) is 5.16 Å². The minimum Gasteiger partial charge on any atom is -0.503 e. The molecule has 9 nitrogen and oxygen atoms in total. The van der Waals surface area contributed by atoms with Gasteiger partial charge in [-0.05, 0) is 19.8 Å². The van der Waals surface area contributed by atoms with E-state index < -0.39 is 76.4 Å². The lowest BCUT2D eigenvalue weighted by molar-refractivity contribution is -0.0655. The van der Waals surface area contributed by atoms with E-state index in [1.165, 1.54) is 9.47 Å². The van der Waals surface area contributed by atoms with Gasteiger partial charge in [0.1, 0.15) is 23.0 Å². The second-order valence-corrected chi connectivity index (χ2v) is 9.80. The molecule has 2 N–H and O–H groups in total. The summed E-state index contributed by atoms with van der Waals surface area (Å²) >= 11 is 0. The Kier molecular flexibility index (Phi) is 6.40. The third-order valence-corrected chi connectivity index (χ3v) is 7.52. The molecule has 1 aromatic heterocycles. The number of rotatable bonds is 5. The van der Waals surface area contributed by atoms with Crippen LogP contribution in [0.4, 0.5) is 17.6 Å². The lowest BCUT2D eigenvalue weighted by Crippen LogP contribution is -2.52. The van der Waals surface area contributed by atoms with E-state index in [0.29, 0.717) is 30.7 Å². The number of halogens is 4. The fourth-order valence-electron chi connectivity index (χ4n) is 5.43. The van der Waals surface area contributed by atoms with Crippen molar-refractivity contribution in [1.29, 1.82) is 0 Å². The molecular formula is C25H24F4N4O5. The maximum Gasteiger partial charge on any atom is 0.274 e. The van der Waals surface area contributed by atoms with Crippen LogP contribution in [0.2, 0.25) is 0 Å². The quantitative estimate of drug-likeness (QED) is 0.571. The summed E-state index contributed by atoms with van der Waals surface area (Å²) in [6.07, 6.45) is 2.38. The third-order valence-electron chi connectivity index (χ3n) is 7.52. The Labute approximate surface area is 213 Å². The summed E-state index contributed by atoms with van der Waals surface area (Å²) in [5.41, 5.74) is -3.19. The molecule has 3 aliphatic rings. The van der Waals surface area contributed by atoms with E-state index in [4.69, 9.17) is 4.84 Å². The molecular weight excluding hydrogens is 512 g/mol. The summed E-state index contributed by atoms with van der Waals surface area (Å²) in [5.74, 6) is -6.22. The van der Waals surface area contributed by atoms with Crippen molar-refractivity contribution in [2.75, 3.05) is 13.2 Å². The zero-order chi connectivity index (χ0) is 27.4. The minimum atomic E-state index is -1.23. The number of nitrogens with one attached hydrogen (secondary N) is 1. The van der Waals surface area contributed by atoms with Crippen LogP contribution in [0.5, 0.6) is 5.75 Å². The Morgan fingerprint density at radius 3 is 2.66 bits per heavy atom. The molecule has 5 rings (SSSR count). The third kappa shape index (κ3) is 4.09. The molecule has 1 saturated heterocycles. The Morgan fingerprint density at radius 1 is 1.26 bits per heavy atom. The van der Waals surface area contributed by atoms with Crippen molar-refractivity contribution in [1.82, 2.24) is 14.8 Å². The topological polar surface area (TPSA) is 113 Å². The Bertz CT molecular complexity index is 1400. The van der Waals surface area contributed by atoms with Crippen molar-refractivity contribution in [3.8, 4) is 5.75 Å². The summed E-state index contributed by atoms with van der Waals surface area (Å²) in [5, 5.41) is 17.1. The van der Waals surface area contributed by atoms with Crippen LogP contribution in [0.25, 0.3) is 0 Å². The van der Waals surface area contributed by atoms with Crippen LogP contribution in [0.15, 0.2) is 28.3 Å². The monoisotopic (exact) mass is 536 g/mol. The summed E-state index contributed by atoms with van der Waals surface area (Å²) in [7, 11) is 0. The molecule has 2 amide bonds. The van der Waals surface area contributed by atoms with Crippen LogP contribution < -0.4 is 10.7 Å². The van der Waals surface area contributed by atoms with Gasteiger partial charge < -0.3 is 24.7 Å². The van der Waals surface area contributed by atoms with Gasteiger partial charge in [0.2, 0.25) is 5.43 Å². The van der Waals surface area contributed by atoms with Gasteiger partial charge in [0.25, 0.3) is 11.8 Å². The number of alkyl halides is 1. The van der Waals surface area contributed by atoms with Crippen LogP contribution in [0, 0.1) is 17.5 Å². The van der Waals surface area contributed by atoms with Gasteiger partial charge in [-0.2, -0.15) is 0 Å². The van der Waals surface area contributed by atoms with Gasteiger partial charge in [0.15, 0.2) is 17.0 Å². The zero-order valence-electron chi connectivity index (χ0n) is 20.3. The van der Waals surface area contributed by atoms with Crippen molar-refractivity contribution < 1.29 is 37.1 Å². The number of pyridine rings is 1. The maximum atomic E-state index is 14.0. The second kappa shape index (κ2) is 9.44. The minimum absolute atomic E-state index is 0.0686. The lowest BCUT2D eigenvalue weighted by Gasteiger charge is -2.41. The van der Waals surface area contributed by atoms with Gasteiger partial charge in [-0.3, -0.25) is 18.8 Å².